The summed E-state index contributed by atoms with van der Waals surface area (Å²) in [6.45, 7) is 0. The number of benzene rings is 2. The predicted octanol–water partition coefficient (Wildman–Crippen LogP) is 2.39. The lowest BCUT2D eigenvalue weighted by atomic mass is 10.0. The molecule has 0 saturated heterocycles. The largest absolute Gasteiger partial charge is 0.399 e. The number of nitrogens with two attached hydrogens (primary N) is 2. The van der Waals surface area contributed by atoms with E-state index >= 15 is 0 Å². The van der Waals surface area contributed by atoms with Gasteiger partial charge in [-0.05, 0) is 29.8 Å². The van der Waals surface area contributed by atoms with Gasteiger partial charge in [-0.15, -0.1) is 0 Å². The molecule has 0 fully saturated rings. The Bertz CT molecular complexity index is 685. The molecule has 5 N–H and O–H groups in total. The summed E-state index contributed by atoms with van der Waals surface area (Å²) in [5, 5.41) is 7.93. The summed E-state index contributed by atoms with van der Waals surface area (Å²) in [6, 6.07) is 11.6. The van der Waals surface area contributed by atoms with E-state index in [0.717, 1.165) is 33.4 Å². The van der Waals surface area contributed by atoms with E-state index in [1.807, 2.05) is 36.4 Å². The Morgan fingerprint density at radius 3 is 2.76 bits per heavy atom. The normalized spacial score (nSPS) is 10.8. The van der Waals surface area contributed by atoms with E-state index in [1.165, 1.54) is 0 Å². The maximum atomic E-state index is 6.05. The van der Waals surface area contributed by atoms with Gasteiger partial charge in [-0.25, -0.2) is 0 Å². The molecule has 4 heteroatoms. The Kier molecular flexibility index (Phi) is 2.01. The van der Waals surface area contributed by atoms with Crippen LogP contribution in [-0.4, -0.2) is 10.2 Å². The average Bonchev–Trinajstić information content (AvgIpc) is 2.75. The Hall–Kier alpha value is -2.49. The molecule has 0 amide bonds. The molecule has 0 spiro atoms. The van der Waals surface area contributed by atoms with Gasteiger partial charge in [0.25, 0.3) is 0 Å². The number of H-pyrrole nitrogens is 1. The molecular weight excluding hydrogens is 212 g/mol. The van der Waals surface area contributed by atoms with Crippen molar-refractivity contribution in [3.05, 3.63) is 42.6 Å². The van der Waals surface area contributed by atoms with Crippen molar-refractivity contribution in [1.29, 1.82) is 0 Å². The summed E-state index contributed by atoms with van der Waals surface area (Å²) < 4.78 is 0. The molecule has 17 heavy (non-hydrogen) atoms. The lowest BCUT2D eigenvalue weighted by molar-refractivity contribution is 1.12. The van der Waals surface area contributed by atoms with Gasteiger partial charge in [0.1, 0.15) is 0 Å². The molecule has 3 aromatic rings. The van der Waals surface area contributed by atoms with Gasteiger partial charge < -0.3 is 11.5 Å². The number of aromatic nitrogens is 2. The minimum Gasteiger partial charge on any atom is -0.399 e. The molecule has 0 aliphatic rings. The fraction of sp³-hybridized carbons (Fsp3) is 0. The maximum absolute atomic E-state index is 6.05. The molecule has 1 heterocycles. The molecule has 0 saturated carbocycles. The Morgan fingerprint density at radius 2 is 1.94 bits per heavy atom. The minimum absolute atomic E-state index is 0.726. The number of rotatable bonds is 1. The number of nitrogens with zero attached hydrogens (tertiary/aromatic N) is 1. The van der Waals surface area contributed by atoms with Crippen LogP contribution in [0.4, 0.5) is 11.4 Å². The summed E-state index contributed by atoms with van der Waals surface area (Å²) in [5.74, 6) is 0. The summed E-state index contributed by atoms with van der Waals surface area (Å²) in [7, 11) is 0. The van der Waals surface area contributed by atoms with Crippen LogP contribution < -0.4 is 11.5 Å². The van der Waals surface area contributed by atoms with E-state index in [0.29, 0.717) is 0 Å². The number of nitrogen functional groups attached to an aromatic ring is 2. The number of anilines is 2. The number of hydrogen-bond donors (Lipinski definition) is 3. The fourth-order valence-electron chi connectivity index (χ4n) is 1.97. The van der Waals surface area contributed by atoms with Crippen LogP contribution in [0.3, 0.4) is 0 Å². The van der Waals surface area contributed by atoms with Crippen molar-refractivity contribution in [2.45, 2.75) is 0 Å². The molecule has 84 valence electrons. The zero-order valence-corrected chi connectivity index (χ0v) is 9.14. The Labute approximate surface area is 98.2 Å². The van der Waals surface area contributed by atoms with Gasteiger partial charge in [-0.2, -0.15) is 5.10 Å². The van der Waals surface area contributed by atoms with E-state index < -0.39 is 0 Å². The minimum atomic E-state index is 0.726. The summed E-state index contributed by atoms with van der Waals surface area (Å²) in [5.41, 5.74) is 16.2. The van der Waals surface area contributed by atoms with E-state index in [-0.39, 0.29) is 0 Å². The monoisotopic (exact) mass is 224 g/mol. The molecule has 2 aromatic carbocycles. The second kappa shape index (κ2) is 3.52. The zero-order valence-electron chi connectivity index (χ0n) is 9.14. The second-order valence-corrected chi connectivity index (χ2v) is 4.02. The van der Waals surface area contributed by atoms with E-state index in [9.17, 15) is 0 Å². The Balaban J connectivity index is 2.25. The summed E-state index contributed by atoms with van der Waals surface area (Å²) in [4.78, 5) is 0. The van der Waals surface area contributed by atoms with Gasteiger partial charge >= 0.3 is 0 Å². The first-order valence-corrected chi connectivity index (χ1v) is 5.32. The summed E-state index contributed by atoms with van der Waals surface area (Å²) >= 11 is 0. The number of nitrogens with one attached hydrogen (secondary N) is 1. The third kappa shape index (κ3) is 1.59. The second-order valence-electron chi connectivity index (χ2n) is 4.02. The van der Waals surface area contributed by atoms with Crippen molar-refractivity contribution in [1.82, 2.24) is 10.2 Å². The fourth-order valence-corrected chi connectivity index (χ4v) is 1.97. The first-order valence-electron chi connectivity index (χ1n) is 5.32. The number of aromatic amines is 1. The van der Waals surface area contributed by atoms with Crippen molar-refractivity contribution in [2.24, 2.45) is 0 Å². The highest BCUT2D eigenvalue weighted by atomic mass is 15.1. The predicted molar refractivity (Wildman–Crippen MR) is 70.4 cm³/mol. The van der Waals surface area contributed by atoms with Crippen LogP contribution in [0.1, 0.15) is 0 Å². The molecule has 0 unspecified atom stereocenters. The standard InChI is InChI=1S/C13H12N4/c14-10-3-1-2-8(4-10)11-6-13-9(5-12(11)15)7-16-17-13/h1-7H,14-15H2,(H,16,17). The Morgan fingerprint density at radius 1 is 1.06 bits per heavy atom. The van der Waals surface area contributed by atoms with E-state index in [4.69, 9.17) is 11.5 Å². The molecular formula is C13H12N4. The highest BCUT2D eigenvalue weighted by molar-refractivity contribution is 5.91. The average molecular weight is 224 g/mol. The van der Waals surface area contributed by atoms with Gasteiger partial charge in [0, 0.05) is 22.3 Å². The SMILES string of the molecule is Nc1cccc(-c2cc3[nH]ncc3cc2N)c1. The smallest absolute Gasteiger partial charge is 0.0658 e. The molecule has 0 aliphatic heterocycles. The lowest BCUT2D eigenvalue weighted by Gasteiger charge is -2.07. The number of fused-ring (bicyclic) bond motifs is 1. The van der Waals surface area contributed by atoms with Gasteiger partial charge in [0.05, 0.1) is 11.7 Å². The van der Waals surface area contributed by atoms with Crippen molar-refractivity contribution in [3.8, 4) is 11.1 Å². The molecule has 1 aromatic heterocycles. The van der Waals surface area contributed by atoms with Crippen LogP contribution in [0, 0.1) is 0 Å². The van der Waals surface area contributed by atoms with Gasteiger partial charge in [-0.3, -0.25) is 5.10 Å². The highest BCUT2D eigenvalue weighted by Crippen LogP contribution is 2.30. The molecule has 3 rings (SSSR count). The third-order valence-electron chi connectivity index (χ3n) is 2.81. The van der Waals surface area contributed by atoms with Crippen LogP contribution in [0.15, 0.2) is 42.6 Å². The highest BCUT2D eigenvalue weighted by Gasteiger charge is 2.06. The van der Waals surface area contributed by atoms with Crippen LogP contribution in [0.25, 0.3) is 22.0 Å². The first-order chi connectivity index (χ1) is 8.24. The van der Waals surface area contributed by atoms with E-state index in [2.05, 4.69) is 10.2 Å². The van der Waals surface area contributed by atoms with Crippen LogP contribution in [0.2, 0.25) is 0 Å². The van der Waals surface area contributed by atoms with Crippen molar-refractivity contribution in [3.63, 3.8) is 0 Å². The summed E-state index contributed by atoms with van der Waals surface area (Å²) in [6.07, 6.45) is 1.76. The number of hydrogen-bond acceptors (Lipinski definition) is 3. The van der Waals surface area contributed by atoms with Gasteiger partial charge in [-0.1, -0.05) is 12.1 Å². The van der Waals surface area contributed by atoms with Crippen LogP contribution in [0.5, 0.6) is 0 Å². The van der Waals surface area contributed by atoms with Gasteiger partial charge in [0.15, 0.2) is 0 Å². The van der Waals surface area contributed by atoms with Crippen LogP contribution >= 0.6 is 0 Å². The van der Waals surface area contributed by atoms with Crippen molar-refractivity contribution in [2.75, 3.05) is 11.5 Å². The third-order valence-corrected chi connectivity index (χ3v) is 2.81. The maximum Gasteiger partial charge on any atom is 0.0658 e. The van der Waals surface area contributed by atoms with Crippen molar-refractivity contribution >= 4 is 22.3 Å². The topological polar surface area (TPSA) is 80.7 Å². The van der Waals surface area contributed by atoms with Gasteiger partial charge in [0.2, 0.25) is 0 Å². The molecule has 0 aliphatic carbocycles. The molecule has 0 bridgehead atoms. The molecule has 0 radical (unpaired) electrons. The zero-order chi connectivity index (χ0) is 11.8. The van der Waals surface area contributed by atoms with Crippen LogP contribution in [-0.2, 0) is 0 Å². The first kappa shape index (κ1) is 9.72. The molecule has 0 atom stereocenters. The van der Waals surface area contributed by atoms with E-state index in [1.54, 1.807) is 6.20 Å². The van der Waals surface area contributed by atoms with Crippen molar-refractivity contribution < 1.29 is 0 Å². The quantitative estimate of drug-likeness (QED) is 0.555. The molecule has 4 nitrogen and oxygen atoms in total. The lowest BCUT2D eigenvalue weighted by Crippen LogP contribution is -1.91.